The van der Waals surface area contributed by atoms with Crippen molar-refractivity contribution in [3.8, 4) is 0 Å². The minimum Gasteiger partial charge on any atom is -0.383 e. The molecule has 0 aliphatic carbocycles. The number of amides is 1. The molecule has 0 atom stereocenters. The van der Waals surface area contributed by atoms with Gasteiger partial charge in [0.2, 0.25) is 5.91 Å². The third kappa shape index (κ3) is 6.97. The van der Waals surface area contributed by atoms with Gasteiger partial charge in [0.05, 0.1) is 16.0 Å². The predicted molar refractivity (Wildman–Crippen MR) is 78.5 cm³/mol. The van der Waals surface area contributed by atoms with Crippen molar-refractivity contribution in [3.05, 3.63) is 19.9 Å². The van der Waals surface area contributed by atoms with Crippen molar-refractivity contribution >= 4 is 39.8 Å². The Morgan fingerprint density at radius 1 is 1.47 bits per heavy atom. The molecule has 0 saturated heterocycles. The summed E-state index contributed by atoms with van der Waals surface area (Å²) in [5.74, 6) is 0.0346. The summed E-state index contributed by atoms with van der Waals surface area (Å²) < 4.78 is 6.15. The van der Waals surface area contributed by atoms with Gasteiger partial charge in [-0.05, 0) is 41.1 Å². The van der Waals surface area contributed by atoms with Crippen molar-refractivity contribution < 1.29 is 9.53 Å². The average Bonchev–Trinajstić information content (AvgIpc) is 2.71. The monoisotopic (exact) mass is 368 g/mol. The fraction of sp³-hybridized carbons (Fsp3) is 0.545. The number of hydrogen-bond donors (Lipinski definition) is 2. The quantitative estimate of drug-likeness (QED) is 0.537. The van der Waals surface area contributed by atoms with Crippen molar-refractivity contribution in [2.45, 2.75) is 6.42 Å². The Labute approximate surface area is 119 Å². The van der Waals surface area contributed by atoms with E-state index in [4.69, 9.17) is 4.74 Å². The molecule has 1 aromatic rings. The van der Waals surface area contributed by atoms with E-state index in [0.29, 0.717) is 26.2 Å². The first-order valence-corrected chi connectivity index (χ1v) is 7.32. The summed E-state index contributed by atoms with van der Waals surface area (Å²) in [4.78, 5) is 12.7. The molecule has 0 radical (unpaired) electrons. The lowest BCUT2D eigenvalue weighted by atomic mass is 10.3. The topological polar surface area (TPSA) is 50.4 Å². The van der Waals surface area contributed by atoms with Crippen LogP contribution >= 0.6 is 33.9 Å². The second kappa shape index (κ2) is 8.84. The minimum atomic E-state index is 0.0346. The van der Waals surface area contributed by atoms with Crippen LogP contribution in [0.2, 0.25) is 0 Å². The Kier molecular flexibility index (Phi) is 7.74. The average molecular weight is 368 g/mol. The standard InChI is InChI=1S/C11H17IN2O2S/c1-16-7-6-13-8-11(15)14-5-4-9-2-3-10(12)17-9/h2-3,13H,4-8H2,1H3,(H,14,15). The molecule has 0 bridgehead atoms. The first-order chi connectivity index (χ1) is 8.22. The number of rotatable bonds is 8. The van der Waals surface area contributed by atoms with Crippen LogP contribution in [0.15, 0.2) is 12.1 Å². The molecular weight excluding hydrogens is 351 g/mol. The van der Waals surface area contributed by atoms with Crippen LogP contribution in [0.5, 0.6) is 0 Å². The fourth-order valence-electron chi connectivity index (χ4n) is 1.25. The van der Waals surface area contributed by atoms with E-state index in [1.165, 1.54) is 7.76 Å². The van der Waals surface area contributed by atoms with Gasteiger partial charge in [-0.3, -0.25) is 4.79 Å². The van der Waals surface area contributed by atoms with E-state index < -0.39 is 0 Å². The molecule has 17 heavy (non-hydrogen) atoms. The van der Waals surface area contributed by atoms with E-state index in [9.17, 15) is 4.79 Å². The normalized spacial score (nSPS) is 10.5. The Hall–Kier alpha value is -0.180. The molecule has 0 aliphatic heterocycles. The third-order valence-corrected chi connectivity index (χ3v) is 4.04. The van der Waals surface area contributed by atoms with E-state index in [1.54, 1.807) is 18.4 Å². The molecule has 6 heteroatoms. The molecule has 0 spiro atoms. The summed E-state index contributed by atoms with van der Waals surface area (Å²) in [6, 6.07) is 4.20. The molecule has 0 saturated carbocycles. The first-order valence-electron chi connectivity index (χ1n) is 5.43. The lowest BCUT2D eigenvalue weighted by Crippen LogP contribution is -2.36. The molecule has 96 valence electrons. The third-order valence-electron chi connectivity index (χ3n) is 2.09. The zero-order chi connectivity index (χ0) is 12.5. The summed E-state index contributed by atoms with van der Waals surface area (Å²) in [6.07, 6.45) is 0.900. The highest BCUT2D eigenvalue weighted by Gasteiger charge is 2.01. The molecule has 4 nitrogen and oxygen atoms in total. The molecule has 1 heterocycles. The van der Waals surface area contributed by atoms with Gasteiger partial charge in [-0.1, -0.05) is 0 Å². The number of methoxy groups -OCH3 is 1. The SMILES string of the molecule is COCCNCC(=O)NCCc1ccc(I)s1. The van der Waals surface area contributed by atoms with E-state index in [2.05, 4.69) is 45.4 Å². The van der Waals surface area contributed by atoms with Gasteiger partial charge in [0.15, 0.2) is 0 Å². The van der Waals surface area contributed by atoms with Gasteiger partial charge in [-0.15, -0.1) is 11.3 Å². The maximum Gasteiger partial charge on any atom is 0.233 e. The maximum absolute atomic E-state index is 11.4. The van der Waals surface area contributed by atoms with Crippen LogP contribution in [0, 0.1) is 2.88 Å². The number of ether oxygens (including phenoxy) is 1. The highest BCUT2D eigenvalue weighted by molar-refractivity contribution is 14.1. The summed E-state index contributed by atoms with van der Waals surface area (Å²) in [6.45, 7) is 2.38. The van der Waals surface area contributed by atoms with Crippen molar-refractivity contribution in [3.63, 3.8) is 0 Å². The van der Waals surface area contributed by atoms with Gasteiger partial charge in [-0.2, -0.15) is 0 Å². The van der Waals surface area contributed by atoms with Crippen LogP contribution in [-0.2, 0) is 16.0 Å². The summed E-state index contributed by atoms with van der Waals surface area (Å²) in [5.41, 5.74) is 0. The number of halogens is 1. The molecule has 1 aromatic heterocycles. The van der Waals surface area contributed by atoms with E-state index in [-0.39, 0.29) is 5.91 Å². The Morgan fingerprint density at radius 2 is 2.29 bits per heavy atom. The number of hydrogen-bond acceptors (Lipinski definition) is 4. The van der Waals surface area contributed by atoms with Crippen molar-refractivity contribution in [1.29, 1.82) is 0 Å². The van der Waals surface area contributed by atoms with Crippen LogP contribution in [0.1, 0.15) is 4.88 Å². The Morgan fingerprint density at radius 3 is 2.94 bits per heavy atom. The predicted octanol–water partition coefficient (Wildman–Crippen LogP) is 1.25. The zero-order valence-electron chi connectivity index (χ0n) is 9.79. The van der Waals surface area contributed by atoms with Crippen LogP contribution in [0.25, 0.3) is 0 Å². The Balaban J connectivity index is 2.04. The molecule has 0 aromatic carbocycles. The number of thiophene rings is 1. The number of carbonyl (C=O) groups is 1. The lowest BCUT2D eigenvalue weighted by Gasteiger charge is -2.05. The first kappa shape index (κ1) is 14.9. The van der Waals surface area contributed by atoms with Gasteiger partial charge in [0.25, 0.3) is 0 Å². The van der Waals surface area contributed by atoms with E-state index in [1.807, 2.05) is 0 Å². The highest BCUT2D eigenvalue weighted by atomic mass is 127. The van der Waals surface area contributed by atoms with Crippen LogP contribution in [0.3, 0.4) is 0 Å². The molecule has 1 amide bonds. The molecule has 1 rings (SSSR count). The van der Waals surface area contributed by atoms with E-state index in [0.717, 1.165) is 6.42 Å². The number of nitrogens with one attached hydrogen (secondary N) is 2. The largest absolute Gasteiger partial charge is 0.383 e. The molecule has 2 N–H and O–H groups in total. The van der Waals surface area contributed by atoms with Gasteiger partial charge in [-0.25, -0.2) is 0 Å². The summed E-state index contributed by atoms with van der Waals surface area (Å²) >= 11 is 4.07. The minimum absolute atomic E-state index is 0.0346. The van der Waals surface area contributed by atoms with Crippen molar-refractivity contribution in [2.24, 2.45) is 0 Å². The number of carbonyl (C=O) groups excluding carboxylic acids is 1. The maximum atomic E-state index is 11.4. The smallest absolute Gasteiger partial charge is 0.233 e. The summed E-state index contributed by atoms with van der Waals surface area (Å²) in [5, 5.41) is 5.88. The lowest BCUT2D eigenvalue weighted by molar-refractivity contribution is -0.120. The van der Waals surface area contributed by atoms with Gasteiger partial charge >= 0.3 is 0 Å². The fourth-order valence-corrected chi connectivity index (χ4v) is 3.00. The summed E-state index contributed by atoms with van der Waals surface area (Å²) in [7, 11) is 1.64. The molecule has 0 fully saturated rings. The van der Waals surface area contributed by atoms with Crippen LogP contribution < -0.4 is 10.6 Å². The van der Waals surface area contributed by atoms with Crippen LogP contribution in [-0.4, -0.2) is 39.3 Å². The second-order valence-corrected chi connectivity index (χ2v) is 6.54. The second-order valence-electron chi connectivity index (χ2n) is 3.48. The zero-order valence-corrected chi connectivity index (χ0v) is 12.8. The van der Waals surface area contributed by atoms with Gasteiger partial charge in [0, 0.05) is 25.1 Å². The Bertz CT molecular complexity index is 344. The van der Waals surface area contributed by atoms with Crippen molar-refractivity contribution in [1.82, 2.24) is 10.6 Å². The molecular formula is C11H17IN2O2S. The van der Waals surface area contributed by atoms with Gasteiger partial charge < -0.3 is 15.4 Å². The van der Waals surface area contributed by atoms with Crippen molar-refractivity contribution in [2.75, 3.05) is 33.4 Å². The molecule has 0 unspecified atom stereocenters. The van der Waals surface area contributed by atoms with E-state index >= 15 is 0 Å². The van der Waals surface area contributed by atoms with Crippen LogP contribution in [0.4, 0.5) is 0 Å². The van der Waals surface area contributed by atoms with Gasteiger partial charge in [0.1, 0.15) is 0 Å². The molecule has 0 aliphatic rings. The highest BCUT2D eigenvalue weighted by Crippen LogP contribution is 2.18.